The van der Waals surface area contributed by atoms with Gasteiger partial charge in [-0.15, -0.1) is 0 Å². The minimum atomic E-state index is -0.709. The van der Waals surface area contributed by atoms with Crippen LogP contribution in [0.3, 0.4) is 0 Å². The Kier molecular flexibility index (Phi) is 5.11. The highest BCUT2D eigenvalue weighted by Crippen LogP contribution is 2.26. The van der Waals surface area contributed by atoms with Crippen molar-refractivity contribution in [3.05, 3.63) is 48.2 Å². The number of carbonyl (C=O) groups excluding carboxylic acids is 1. The van der Waals surface area contributed by atoms with Crippen molar-refractivity contribution in [1.29, 1.82) is 0 Å². The van der Waals surface area contributed by atoms with Crippen LogP contribution in [0, 0.1) is 12.7 Å². The van der Waals surface area contributed by atoms with Crippen molar-refractivity contribution in [1.82, 2.24) is 24.6 Å². The van der Waals surface area contributed by atoms with E-state index in [1.165, 1.54) is 12.1 Å². The smallest absolute Gasteiger partial charge is 0.244 e. The van der Waals surface area contributed by atoms with Gasteiger partial charge in [-0.2, -0.15) is 5.10 Å². The molecule has 1 aromatic carbocycles. The fourth-order valence-corrected chi connectivity index (χ4v) is 3.30. The lowest BCUT2D eigenvalue weighted by Crippen LogP contribution is -2.31. The number of aromatic nitrogens is 4. The summed E-state index contributed by atoms with van der Waals surface area (Å²) in [7, 11) is 0. The van der Waals surface area contributed by atoms with E-state index in [1.807, 2.05) is 11.8 Å². The van der Waals surface area contributed by atoms with Gasteiger partial charge in [0.2, 0.25) is 11.9 Å². The monoisotopic (exact) mass is 396 g/mol. The summed E-state index contributed by atoms with van der Waals surface area (Å²) in [4.78, 5) is 22.8. The van der Waals surface area contributed by atoms with Gasteiger partial charge in [-0.25, -0.2) is 14.4 Å². The second-order valence-electron chi connectivity index (χ2n) is 7.03. The minimum absolute atomic E-state index is 0.0559. The van der Waals surface area contributed by atoms with Crippen LogP contribution in [0.2, 0.25) is 0 Å². The van der Waals surface area contributed by atoms with Gasteiger partial charge in [0, 0.05) is 31.0 Å². The molecule has 3 heterocycles. The number of anilines is 2. The van der Waals surface area contributed by atoms with Gasteiger partial charge in [0.05, 0.1) is 17.6 Å². The average molecular weight is 396 g/mol. The molecule has 1 aliphatic rings. The van der Waals surface area contributed by atoms with Crippen molar-refractivity contribution >= 4 is 17.5 Å². The highest BCUT2D eigenvalue weighted by molar-refractivity contribution is 5.76. The number of nitrogens with zero attached hydrogens (tertiary/aromatic N) is 5. The summed E-state index contributed by atoms with van der Waals surface area (Å²) < 4.78 is 15.3. The van der Waals surface area contributed by atoms with Crippen molar-refractivity contribution < 1.29 is 14.3 Å². The number of rotatable bonds is 5. The predicted molar refractivity (Wildman–Crippen MR) is 105 cm³/mol. The fraction of sp³-hybridized carbons (Fsp3) is 0.300. The van der Waals surface area contributed by atoms with Gasteiger partial charge >= 0.3 is 0 Å². The first-order valence-corrected chi connectivity index (χ1v) is 9.39. The SMILES string of the molecule is Cc1cnc(Nc2cnn(CC(=O)N3CCCC3)c2)nc1-c1ccc(O)c(F)c1. The number of benzene rings is 1. The van der Waals surface area contributed by atoms with Gasteiger partial charge in [0.1, 0.15) is 6.54 Å². The Morgan fingerprint density at radius 3 is 2.83 bits per heavy atom. The van der Waals surface area contributed by atoms with Crippen molar-refractivity contribution in [2.45, 2.75) is 26.3 Å². The van der Waals surface area contributed by atoms with E-state index in [9.17, 15) is 14.3 Å². The summed E-state index contributed by atoms with van der Waals surface area (Å²) in [6.45, 7) is 3.63. The predicted octanol–water partition coefficient (Wildman–Crippen LogP) is 2.86. The molecule has 0 atom stereocenters. The number of hydrogen-bond donors (Lipinski definition) is 2. The van der Waals surface area contributed by atoms with Gasteiger partial charge in [-0.1, -0.05) is 0 Å². The molecular weight excluding hydrogens is 375 g/mol. The van der Waals surface area contributed by atoms with Crippen LogP contribution in [0.5, 0.6) is 5.75 Å². The van der Waals surface area contributed by atoms with Gasteiger partial charge in [-0.3, -0.25) is 9.48 Å². The first kappa shape index (κ1) is 18.9. The number of phenolic OH excluding ortho intramolecular Hbond substituents is 1. The van der Waals surface area contributed by atoms with E-state index in [4.69, 9.17) is 0 Å². The molecule has 8 nitrogen and oxygen atoms in total. The molecular formula is C20H21FN6O2. The number of hydrogen-bond acceptors (Lipinski definition) is 6. The number of aromatic hydroxyl groups is 1. The first-order valence-electron chi connectivity index (χ1n) is 9.39. The first-order chi connectivity index (χ1) is 14.0. The maximum absolute atomic E-state index is 13.7. The number of phenols is 1. The third-order valence-electron chi connectivity index (χ3n) is 4.84. The number of amides is 1. The molecule has 0 unspecified atom stereocenters. The fourth-order valence-electron chi connectivity index (χ4n) is 3.30. The van der Waals surface area contributed by atoms with E-state index in [0.717, 1.165) is 31.5 Å². The lowest BCUT2D eigenvalue weighted by molar-refractivity contribution is -0.130. The van der Waals surface area contributed by atoms with Crippen LogP contribution in [-0.4, -0.2) is 48.8 Å². The van der Waals surface area contributed by atoms with E-state index in [2.05, 4.69) is 20.4 Å². The summed E-state index contributed by atoms with van der Waals surface area (Å²) >= 11 is 0. The lowest BCUT2D eigenvalue weighted by Gasteiger charge is -2.14. The molecule has 0 bridgehead atoms. The highest BCUT2D eigenvalue weighted by Gasteiger charge is 2.18. The molecule has 0 spiro atoms. The van der Waals surface area contributed by atoms with Crippen LogP contribution >= 0.6 is 0 Å². The van der Waals surface area contributed by atoms with E-state index < -0.39 is 11.6 Å². The normalized spacial score (nSPS) is 13.7. The Morgan fingerprint density at radius 2 is 2.07 bits per heavy atom. The molecule has 0 saturated carbocycles. The van der Waals surface area contributed by atoms with E-state index >= 15 is 0 Å². The number of aryl methyl sites for hydroxylation is 1. The molecule has 1 amide bonds. The van der Waals surface area contributed by atoms with Crippen molar-refractivity contribution in [3.8, 4) is 17.0 Å². The molecule has 29 heavy (non-hydrogen) atoms. The standard InChI is InChI=1S/C20H21FN6O2/c1-13-9-22-20(25-19(13)14-4-5-17(28)16(21)8-14)24-15-10-23-27(11-15)12-18(29)26-6-2-3-7-26/h4-5,8-11,28H,2-3,6-7,12H2,1H3,(H,22,24,25). The molecule has 4 rings (SSSR count). The maximum atomic E-state index is 13.7. The van der Waals surface area contributed by atoms with E-state index in [0.29, 0.717) is 22.9 Å². The van der Waals surface area contributed by atoms with E-state index in [-0.39, 0.29) is 12.5 Å². The Hall–Kier alpha value is -3.49. The molecule has 150 valence electrons. The maximum Gasteiger partial charge on any atom is 0.244 e. The summed E-state index contributed by atoms with van der Waals surface area (Å²) in [6, 6.07) is 4.12. The zero-order chi connectivity index (χ0) is 20.4. The minimum Gasteiger partial charge on any atom is -0.505 e. The Labute approximate surface area is 167 Å². The van der Waals surface area contributed by atoms with Crippen LogP contribution in [-0.2, 0) is 11.3 Å². The largest absolute Gasteiger partial charge is 0.505 e. The zero-order valence-electron chi connectivity index (χ0n) is 16.0. The summed E-state index contributed by atoms with van der Waals surface area (Å²) in [5, 5.41) is 16.7. The van der Waals surface area contributed by atoms with Crippen LogP contribution in [0.4, 0.5) is 16.0 Å². The molecule has 1 saturated heterocycles. The lowest BCUT2D eigenvalue weighted by atomic mass is 10.1. The Morgan fingerprint density at radius 1 is 1.28 bits per heavy atom. The summed E-state index contributed by atoms with van der Waals surface area (Å²) in [5.41, 5.74) is 2.51. The zero-order valence-corrected chi connectivity index (χ0v) is 16.0. The number of likely N-dealkylation sites (tertiary alicyclic amines) is 1. The molecule has 0 aliphatic carbocycles. The second-order valence-corrected chi connectivity index (χ2v) is 7.03. The molecule has 2 aromatic heterocycles. The summed E-state index contributed by atoms with van der Waals surface area (Å²) in [6.07, 6.45) is 7.06. The van der Waals surface area contributed by atoms with Crippen LogP contribution < -0.4 is 5.32 Å². The molecule has 1 fully saturated rings. The Balaban J connectivity index is 1.49. The number of nitrogens with one attached hydrogen (secondary N) is 1. The van der Waals surface area contributed by atoms with Crippen LogP contribution in [0.1, 0.15) is 18.4 Å². The average Bonchev–Trinajstić information content (AvgIpc) is 3.38. The van der Waals surface area contributed by atoms with Gasteiger partial charge in [0.15, 0.2) is 11.6 Å². The third-order valence-corrected chi connectivity index (χ3v) is 4.84. The Bertz CT molecular complexity index is 1050. The van der Waals surface area contributed by atoms with Crippen LogP contribution in [0.15, 0.2) is 36.8 Å². The highest BCUT2D eigenvalue weighted by atomic mass is 19.1. The molecule has 2 N–H and O–H groups in total. The molecule has 3 aromatic rings. The quantitative estimate of drug-likeness (QED) is 0.689. The van der Waals surface area contributed by atoms with Crippen molar-refractivity contribution in [2.24, 2.45) is 0 Å². The molecule has 9 heteroatoms. The van der Waals surface area contributed by atoms with Crippen molar-refractivity contribution in [3.63, 3.8) is 0 Å². The summed E-state index contributed by atoms with van der Waals surface area (Å²) in [5.74, 6) is -0.737. The van der Waals surface area contributed by atoms with Gasteiger partial charge in [-0.05, 0) is 43.5 Å². The van der Waals surface area contributed by atoms with Crippen LogP contribution in [0.25, 0.3) is 11.3 Å². The molecule has 0 radical (unpaired) electrons. The van der Waals surface area contributed by atoms with E-state index in [1.54, 1.807) is 29.3 Å². The topological polar surface area (TPSA) is 96.2 Å². The van der Waals surface area contributed by atoms with Gasteiger partial charge < -0.3 is 15.3 Å². The second kappa shape index (κ2) is 7.86. The number of halogens is 1. The molecule has 1 aliphatic heterocycles. The third kappa shape index (κ3) is 4.18. The number of carbonyl (C=O) groups is 1. The van der Waals surface area contributed by atoms with Crippen molar-refractivity contribution in [2.75, 3.05) is 18.4 Å². The van der Waals surface area contributed by atoms with Gasteiger partial charge in [0.25, 0.3) is 0 Å².